The number of aromatic nitrogens is 1. The molecule has 0 amide bonds. The predicted octanol–water partition coefficient (Wildman–Crippen LogP) is -1.51. The van der Waals surface area contributed by atoms with Crippen molar-refractivity contribution < 1.29 is 29.6 Å². The van der Waals surface area contributed by atoms with Crippen LogP contribution >= 0.6 is 0 Å². The van der Waals surface area contributed by atoms with Gasteiger partial charge in [0.2, 0.25) is 0 Å². The van der Waals surface area contributed by atoms with Crippen LogP contribution in [0, 0.1) is 11.8 Å². The summed E-state index contributed by atoms with van der Waals surface area (Å²) in [4.78, 5) is 13.6. The van der Waals surface area contributed by atoms with Gasteiger partial charge in [0.15, 0.2) is 0 Å². The van der Waals surface area contributed by atoms with Crippen LogP contribution in [0.1, 0.15) is 5.69 Å². The second kappa shape index (κ2) is 5.23. The van der Waals surface area contributed by atoms with Gasteiger partial charge in [0, 0.05) is 5.69 Å². The van der Waals surface area contributed by atoms with E-state index in [0.717, 1.165) is 5.69 Å². The van der Waals surface area contributed by atoms with Crippen LogP contribution in [-0.2, 0) is 0 Å². The molecule has 0 saturated heterocycles. The fraction of sp³-hybridized carbons (Fsp3) is 0.167. The van der Waals surface area contributed by atoms with Gasteiger partial charge in [-0.05, 0) is 19.1 Å². The molecule has 0 aliphatic carbocycles. The van der Waals surface area contributed by atoms with E-state index in [0.29, 0.717) is 5.82 Å². The molecule has 0 unspecified atom stereocenters. The van der Waals surface area contributed by atoms with Crippen molar-refractivity contribution in [3.8, 4) is 0 Å². The van der Waals surface area contributed by atoms with E-state index in [4.69, 9.17) is 0 Å². The first-order valence-electron chi connectivity index (χ1n) is 2.85. The van der Waals surface area contributed by atoms with Crippen molar-refractivity contribution in [2.24, 2.45) is 5.29 Å². The maximum Gasteiger partial charge on any atom is 1.00 e. The SMILES string of the molecule is Cc1cccc(NN=O)n1.[Na+]. The van der Waals surface area contributed by atoms with Crippen molar-refractivity contribution >= 4 is 5.82 Å². The first-order valence-corrected chi connectivity index (χ1v) is 2.85. The molecule has 1 N–H and O–H groups in total. The van der Waals surface area contributed by atoms with Gasteiger partial charge in [0.25, 0.3) is 0 Å². The standard InChI is InChI=1S/C6H7N3O.Na/c1-5-3-2-4-6(7-5)8-9-10;/h2-4H,1H3,(H,7,8,10);/q;+1. The molecule has 0 fully saturated rings. The number of pyridine rings is 1. The van der Waals surface area contributed by atoms with E-state index in [2.05, 4.69) is 15.7 Å². The summed E-state index contributed by atoms with van der Waals surface area (Å²) in [6.07, 6.45) is 0. The molecule has 1 rings (SSSR count). The molecule has 52 valence electrons. The third-order valence-electron chi connectivity index (χ3n) is 1.05. The summed E-state index contributed by atoms with van der Waals surface area (Å²) in [6, 6.07) is 5.32. The summed E-state index contributed by atoms with van der Waals surface area (Å²) < 4.78 is 0. The Balaban J connectivity index is 0.000001000. The zero-order chi connectivity index (χ0) is 7.40. The Morgan fingerprint density at radius 2 is 2.27 bits per heavy atom. The Morgan fingerprint density at radius 3 is 2.82 bits per heavy atom. The molecule has 1 heterocycles. The van der Waals surface area contributed by atoms with Crippen LogP contribution in [0.4, 0.5) is 5.82 Å². The first-order chi connectivity index (χ1) is 4.83. The Labute approximate surface area is 86.6 Å². The largest absolute Gasteiger partial charge is 1.00 e. The van der Waals surface area contributed by atoms with Gasteiger partial charge in [0.1, 0.15) is 5.82 Å². The van der Waals surface area contributed by atoms with E-state index < -0.39 is 0 Å². The molecule has 1 aromatic heterocycles. The van der Waals surface area contributed by atoms with Crippen LogP contribution < -0.4 is 35.0 Å². The fourth-order valence-electron chi connectivity index (χ4n) is 0.652. The second-order valence-corrected chi connectivity index (χ2v) is 1.87. The zero-order valence-electron chi connectivity index (χ0n) is 6.53. The topological polar surface area (TPSA) is 54.4 Å². The minimum Gasteiger partial charge on any atom is -0.235 e. The first kappa shape index (κ1) is 10.6. The van der Waals surface area contributed by atoms with Gasteiger partial charge in [-0.3, -0.25) is 0 Å². The summed E-state index contributed by atoms with van der Waals surface area (Å²) in [5, 5.41) is 2.48. The maximum atomic E-state index is 9.68. The van der Waals surface area contributed by atoms with Gasteiger partial charge in [-0.2, -0.15) is 0 Å². The summed E-state index contributed by atoms with van der Waals surface area (Å²) in [5.74, 6) is 0.481. The van der Waals surface area contributed by atoms with Crippen LogP contribution in [-0.4, -0.2) is 4.98 Å². The summed E-state index contributed by atoms with van der Waals surface area (Å²) >= 11 is 0. The monoisotopic (exact) mass is 160 g/mol. The molecule has 5 heteroatoms. The minimum absolute atomic E-state index is 0. The third kappa shape index (κ3) is 3.46. The molecule has 0 spiro atoms. The molecule has 11 heavy (non-hydrogen) atoms. The molecule has 0 radical (unpaired) electrons. The van der Waals surface area contributed by atoms with Crippen molar-refractivity contribution in [3.63, 3.8) is 0 Å². The smallest absolute Gasteiger partial charge is 0.235 e. The van der Waals surface area contributed by atoms with Gasteiger partial charge >= 0.3 is 29.6 Å². The zero-order valence-corrected chi connectivity index (χ0v) is 8.53. The number of nitrogens with zero attached hydrogens (tertiary/aromatic N) is 2. The molecular weight excluding hydrogens is 153 g/mol. The van der Waals surface area contributed by atoms with E-state index in [-0.39, 0.29) is 29.6 Å². The molecule has 0 aromatic carbocycles. The number of hydrogen-bond donors (Lipinski definition) is 1. The third-order valence-corrected chi connectivity index (χ3v) is 1.05. The number of aryl methyl sites for hydroxylation is 1. The van der Waals surface area contributed by atoms with Crippen molar-refractivity contribution in [2.75, 3.05) is 5.43 Å². The molecule has 0 atom stereocenters. The molecule has 0 bridgehead atoms. The van der Waals surface area contributed by atoms with E-state index in [9.17, 15) is 4.91 Å². The van der Waals surface area contributed by atoms with Crippen molar-refractivity contribution in [3.05, 3.63) is 28.8 Å². The molecule has 0 aliphatic rings. The predicted molar refractivity (Wildman–Crippen MR) is 38.4 cm³/mol. The van der Waals surface area contributed by atoms with Crippen LogP contribution in [0.25, 0.3) is 0 Å². The molecule has 1 aromatic rings. The van der Waals surface area contributed by atoms with Crippen molar-refractivity contribution in [1.82, 2.24) is 4.98 Å². The van der Waals surface area contributed by atoms with E-state index in [1.807, 2.05) is 13.0 Å². The fourth-order valence-corrected chi connectivity index (χ4v) is 0.652. The van der Waals surface area contributed by atoms with Gasteiger partial charge in [0.05, 0.1) is 5.29 Å². The van der Waals surface area contributed by atoms with Gasteiger partial charge in [-0.25, -0.2) is 10.4 Å². The number of nitrogens with one attached hydrogen (secondary N) is 1. The Hall–Kier alpha value is -0.450. The van der Waals surface area contributed by atoms with Crippen molar-refractivity contribution in [1.29, 1.82) is 0 Å². The normalized spacial score (nSPS) is 8.09. The average Bonchev–Trinajstić information content (AvgIpc) is 1.88. The number of nitroso groups, excluding NO2 is 1. The van der Waals surface area contributed by atoms with Gasteiger partial charge in [-0.15, -0.1) is 4.91 Å². The number of hydrogen-bond acceptors (Lipinski definition) is 3. The summed E-state index contributed by atoms with van der Waals surface area (Å²) in [6.45, 7) is 1.84. The minimum atomic E-state index is 0. The number of rotatable bonds is 2. The van der Waals surface area contributed by atoms with Gasteiger partial charge in [-0.1, -0.05) is 6.07 Å². The molecular formula is C6H7N3NaO+. The van der Waals surface area contributed by atoms with E-state index in [1.54, 1.807) is 12.1 Å². The summed E-state index contributed by atoms with van der Waals surface area (Å²) in [5.41, 5.74) is 3.06. The van der Waals surface area contributed by atoms with Crippen molar-refractivity contribution in [2.45, 2.75) is 6.92 Å². The van der Waals surface area contributed by atoms with Crippen LogP contribution in [0.15, 0.2) is 23.5 Å². The quantitative estimate of drug-likeness (QED) is 0.325. The second-order valence-electron chi connectivity index (χ2n) is 1.87. The van der Waals surface area contributed by atoms with Crippen LogP contribution in [0.2, 0.25) is 0 Å². The van der Waals surface area contributed by atoms with Crippen LogP contribution in [0.5, 0.6) is 0 Å². The molecule has 0 aliphatic heterocycles. The summed E-state index contributed by atoms with van der Waals surface area (Å²) in [7, 11) is 0. The molecule has 4 nitrogen and oxygen atoms in total. The Bertz CT molecular complexity index is 241. The van der Waals surface area contributed by atoms with Gasteiger partial charge < -0.3 is 0 Å². The van der Waals surface area contributed by atoms with E-state index >= 15 is 0 Å². The Morgan fingerprint density at radius 1 is 1.55 bits per heavy atom. The van der Waals surface area contributed by atoms with E-state index in [1.165, 1.54) is 0 Å². The maximum absolute atomic E-state index is 9.68. The molecule has 0 saturated carbocycles. The number of anilines is 1. The average molecular weight is 160 g/mol. The Kier molecular flexibility index (Phi) is 5.02. The van der Waals surface area contributed by atoms with Crippen LogP contribution in [0.3, 0.4) is 0 Å².